The fraction of sp³-hybridized carbons (Fsp3) is 0.333. The second-order valence-corrected chi connectivity index (χ2v) is 7.40. The lowest BCUT2D eigenvalue weighted by Gasteiger charge is -2.35. The van der Waals surface area contributed by atoms with Crippen molar-refractivity contribution in [1.29, 1.82) is 0 Å². The minimum absolute atomic E-state index is 0.0312. The molecule has 2 aromatic carbocycles. The number of phenols is 1. The topological polar surface area (TPSA) is 69.6 Å². The van der Waals surface area contributed by atoms with E-state index in [0.717, 1.165) is 10.5 Å². The van der Waals surface area contributed by atoms with Gasteiger partial charge in [-0.25, -0.2) is 0 Å². The molecule has 1 aliphatic heterocycles. The third kappa shape index (κ3) is 5.51. The lowest BCUT2D eigenvalue weighted by atomic mass is 10.00. The van der Waals surface area contributed by atoms with Gasteiger partial charge in [0.2, 0.25) is 0 Å². The zero-order valence-electron chi connectivity index (χ0n) is 16.4. The van der Waals surface area contributed by atoms with Gasteiger partial charge in [-0.2, -0.15) is 26.3 Å². The molecule has 0 radical (unpaired) electrons. The first kappa shape index (κ1) is 23.4. The molecule has 0 bridgehead atoms. The Bertz CT molecular complexity index is 970. The molecule has 2 N–H and O–H groups in total. The zero-order chi connectivity index (χ0) is 23.7. The molecule has 0 unspecified atom stereocenters. The number of rotatable bonds is 5. The molecule has 1 aliphatic rings. The maximum atomic E-state index is 13.1. The molecule has 0 saturated carbocycles. The number of hydrogen-bond acceptors (Lipinski definition) is 3. The van der Waals surface area contributed by atoms with Gasteiger partial charge in [0.15, 0.2) is 0 Å². The second-order valence-electron chi connectivity index (χ2n) is 7.40. The van der Waals surface area contributed by atoms with Crippen molar-refractivity contribution in [3.05, 3.63) is 64.7 Å². The van der Waals surface area contributed by atoms with Crippen LogP contribution in [0.5, 0.6) is 5.75 Å². The van der Waals surface area contributed by atoms with E-state index in [2.05, 4.69) is 5.32 Å². The highest BCUT2D eigenvalue weighted by atomic mass is 19.4. The largest absolute Gasteiger partial charge is 0.508 e. The molecular formula is C21H18F6N2O3. The Morgan fingerprint density at radius 2 is 1.47 bits per heavy atom. The van der Waals surface area contributed by atoms with Crippen molar-refractivity contribution < 1.29 is 41.0 Å². The van der Waals surface area contributed by atoms with Crippen LogP contribution >= 0.6 is 0 Å². The Morgan fingerprint density at radius 3 is 2.00 bits per heavy atom. The fourth-order valence-corrected chi connectivity index (χ4v) is 3.48. The van der Waals surface area contributed by atoms with Gasteiger partial charge in [-0.15, -0.1) is 0 Å². The number of nitrogens with zero attached hydrogens (tertiary/aromatic N) is 1. The van der Waals surface area contributed by atoms with Crippen LogP contribution in [-0.4, -0.2) is 41.0 Å². The molecule has 0 aliphatic carbocycles. The van der Waals surface area contributed by atoms with Gasteiger partial charge in [-0.1, -0.05) is 12.1 Å². The van der Waals surface area contributed by atoms with Crippen LogP contribution in [0.1, 0.15) is 22.3 Å². The van der Waals surface area contributed by atoms with E-state index in [9.17, 15) is 41.0 Å². The maximum absolute atomic E-state index is 13.1. The predicted molar refractivity (Wildman–Crippen MR) is 100 cm³/mol. The Hall–Kier alpha value is -3.24. The van der Waals surface area contributed by atoms with Gasteiger partial charge in [-0.05, 0) is 54.3 Å². The number of carbonyl (C=O) groups excluding carboxylic acids is 2. The lowest BCUT2D eigenvalue weighted by molar-refractivity contribution is -0.150. The number of benzene rings is 2. The van der Waals surface area contributed by atoms with E-state index < -0.39 is 41.3 Å². The molecule has 172 valence electrons. The van der Waals surface area contributed by atoms with Crippen molar-refractivity contribution in [3.8, 4) is 5.75 Å². The molecule has 32 heavy (non-hydrogen) atoms. The summed E-state index contributed by atoms with van der Waals surface area (Å²) in [5.41, 5.74) is -2.41. The van der Waals surface area contributed by atoms with E-state index in [1.807, 2.05) is 0 Å². The number of piperazine rings is 1. The van der Waals surface area contributed by atoms with E-state index in [-0.39, 0.29) is 43.3 Å². The summed E-state index contributed by atoms with van der Waals surface area (Å²) < 4.78 is 78.4. The summed E-state index contributed by atoms with van der Waals surface area (Å²) in [5.74, 6) is -1.78. The minimum Gasteiger partial charge on any atom is -0.508 e. The van der Waals surface area contributed by atoms with E-state index in [1.54, 1.807) is 12.1 Å². The van der Waals surface area contributed by atoms with Crippen molar-refractivity contribution in [2.75, 3.05) is 13.1 Å². The van der Waals surface area contributed by atoms with Gasteiger partial charge in [0.05, 0.1) is 17.2 Å². The molecule has 0 aromatic heterocycles. The Kier molecular flexibility index (Phi) is 6.38. The Morgan fingerprint density at radius 1 is 0.906 bits per heavy atom. The SMILES string of the molecule is O=C1NC[C@@H](Cc2ccc(O)cc2)N(CCc2cc(C(F)(F)F)cc(C(F)(F)F)c2)C1=O. The number of halogens is 6. The lowest BCUT2D eigenvalue weighted by Crippen LogP contribution is -2.59. The van der Waals surface area contributed by atoms with Gasteiger partial charge < -0.3 is 15.3 Å². The number of amides is 2. The first-order chi connectivity index (χ1) is 14.8. The zero-order valence-corrected chi connectivity index (χ0v) is 16.4. The highest BCUT2D eigenvalue weighted by molar-refractivity contribution is 6.35. The third-order valence-corrected chi connectivity index (χ3v) is 5.09. The van der Waals surface area contributed by atoms with Gasteiger partial charge in [0.1, 0.15) is 5.75 Å². The van der Waals surface area contributed by atoms with Crippen LogP contribution < -0.4 is 5.32 Å². The Labute approximate surface area is 178 Å². The number of carbonyl (C=O) groups is 2. The van der Waals surface area contributed by atoms with E-state index >= 15 is 0 Å². The summed E-state index contributed by atoms with van der Waals surface area (Å²) in [6.07, 6.45) is -9.99. The number of aromatic hydroxyl groups is 1. The molecule has 2 amide bonds. The summed E-state index contributed by atoms with van der Waals surface area (Å²) >= 11 is 0. The van der Waals surface area contributed by atoms with Crippen molar-refractivity contribution >= 4 is 11.8 Å². The molecule has 1 atom stereocenters. The molecule has 11 heteroatoms. The minimum atomic E-state index is -4.97. The first-order valence-corrected chi connectivity index (χ1v) is 9.49. The standard InChI is InChI=1S/C21H18F6N2O3/c22-20(23,24)14-7-13(8-15(10-14)21(25,26)27)5-6-29-16(11-28-18(31)19(29)32)9-12-1-3-17(30)4-2-12/h1-4,7-8,10,16,30H,5-6,9,11H2,(H,28,31)/t16-/m1/s1. The summed E-state index contributed by atoms with van der Waals surface area (Å²) in [6, 6.07) is 6.79. The monoisotopic (exact) mass is 460 g/mol. The third-order valence-electron chi connectivity index (χ3n) is 5.09. The average molecular weight is 460 g/mol. The average Bonchev–Trinajstić information content (AvgIpc) is 2.70. The molecular weight excluding hydrogens is 442 g/mol. The molecule has 1 heterocycles. The normalized spacial score (nSPS) is 17.4. The number of alkyl halides is 6. The molecule has 1 fully saturated rings. The molecule has 2 aromatic rings. The van der Waals surface area contributed by atoms with Gasteiger partial charge in [0.25, 0.3) is 0 Å². The van der Waals surface area contributed by atoms with Crippen LogP contribution in [0, 0.1) is 0 Å². The number of phenolic OH excluding ortho intramolecular Hbond substituents is 1. The van der Waals surface area contributed by atoms with Crippen molar-refractivity contribution in [2.45, 2.75) is 31.2 Å². The van der Waals surface area contributed by atoms with Gasteiger partial charge in [0, 0.05) is 13.1 Å². The summed E-state index contributed by atoms with van der Waals surface area (Å²) in [5, 5.41) is 11.8. The van der Waals surface area contributed by atoms with Gasteiger partial charge >= 0.3 is 24.2 Å². The molecule has 3 rings (SSSR count). The van der Waals surface area contributed by atoms with Crippen LogP contribution in [0.25, 0.3) is 0 Å². The van der Waals surface area contributed by atoms with Crippen LogP contribution in [-0.2, 0) is 34.8 Å². The second kappa shape index (κ2) is 8.71. The predicted octanol–water partition coefficient (Wildman–Crippen LogP) is 3.54. The summed E-state index contributed by atoms with van der Waals surface area (Å²) in [6.45, 7) is -0.171. The van der Waals surface area contributed by atoms with E-state index in [1.165, 1.54) is 12.1 Å². The Balaban J connectivity index is 1.83. The molecule has 1 saturated heterocycles. The van der Waals surface area contributed by atoms with Crippen LogP contribution in [0.4, 0.5) is 26.3 Å². The highest BCUT2D eigenvalue weighted by Crippen LogP contribution is 2.36. The smallest absolute Gasteiger partial charge is 0.416 e. The number of hydrogen-bond donors (Lipinski definition) is 2. The fourth-order valence-electron chi connectivity index (χ4n) is 3.48. The first-order valence-electron chi connectivity index (χ1n) is 9.49. The van der Waals surface area contributed by atoms with E-state index in [0.29, 0.717) is 12.1 Å². The van der Waals surface area contributed by atoms with E-state index in [4.69, 9.17) is 0 Å². The van der Waals surface area contributed by atoms with Crippen LogP contribution in [0.2, 0.25) is 0 Å². The van der Waals surface area contributed by atoms with Crippen molar-refractivity contribution in [2.24, 2.45) is 0 Å². The molecule has 0 spiro atoms. The van der Waals surface area contributed by atoms with Crippen molar-refractivity contribution in [3.63, 3.8) is 0 Å². The summed E-state index contributed by atoms with van der Waals surface area (Å²) in [7, 11) is 0. The van der Waals surface area contributed by atoms with Crippen LogP contribution in [0.3, 0.4) is 0 Å². The molecule has 5 nitrogen and oxygen atoms in total. The summed E-state index contributed by atoms with van der Waals surface area (Å²) in [4.78, 5) is 25.3. The van der Waals surface area contributed by atoms with Crippen molar-refractivity contribution in [1.82, 2.24) is 10.2 Å². The number of nitrogens with one attached hydrogen (secondary N) is 1. The highest BCUT2D eigenvalue weighted by Gasteiger charge is 2.37. The van der Waals surface area contributed by atoms with Gasteiger partial charge in [-0.3, -0.25) is 9.59 Å². The van der Waals surface area contributed by atoms with Crippen LogP contribution in [0.15, 0.2) is 42.5 Å². The maximum Gasteiger partial charge on any atom is 0.416 e. The quantitative estimate of drug-likeness (QED) is 0.530.